The molecule has 0 unspecified atom stereocenters. The molecule has 1 aliphatic rings. The Morgan fingerprint density at radius 3 is 2.57 bits per heavy atom. The molecule has 2 aromatic carbocycles. The van der Waals surface area contributed by atoms with Crippen LogP contribution in [-0.2, 0) is 9.53 Å². The minimum Gasteiger partial charge on any atom is -0.383 e. The molecule has 0 spiro atoms. The molecule has 0 atom stereocenters. The molecular weight excluding hydrogens is 394 g/mol. The summed E-state index contributed by atoms with van der Waals surface area (Å²) < 4.78 is 7.45. The second-order valence-electron chi connectivity index (χ2n) is 7.39. The summed E-state index contributed by atoms with van der Waals surface area (Å²) in [7, 11) is 1.64. The van der Waals surface area contributed by atoms with Crippen molar-refractivity contribution in [1.82, 2.24) is 9.47 Å². The van der Waals surface area contributed by atoms with Gasteiger partial charge in [0, 0.05) is 35.8 Å². The normalized spacial score (nSPS) is 17.2. The number of aromatic nitrogens is 1. The molecule has 0 bridgehead atoms. The highest BCUT2D eigenvalue weighted by Gasteiger charge is 2.33. The first-order chi connectivity index (χ1) is 14.6. The highest BCUT2D eigenvalue weighted by molar-refractivity contribution is 8.18. The highest BCUT2D eigenvalue weighted by Crippen LogP contribution is 2.36. The molecule has 1 fully saturated rings. The Kier molecular flexibility index (Phi) is 6.06. The predicted molar refractivity (Wildman–Crippen MR) is 125 cm³/mol. The zero-order chi connectivity index (χ0) is 21.1. The Balaban J connectivity index is 1.74. The summed E-state index contributed by atoms with van der Waals surface area (Å²) in [5.74, 6) is -0.0342. The molecular formula is C24H25N3O2S. The molecule has 30 heavy (non-hydrogen) atoms. The molecule has 6 heteroatoms. The largest absolute Gasteiger partial charge is 0.383 e. The van der Waals surface area contributed by atoms with Crippen molar-refractivity contribution in [3.63, 3.8) is 0 Å². The van der Waals surface area contributed by atoms with Gasteiger partial charge in [0.2, 0.25) is 0 Å². The number of rotatable bonds is 6. The molecule has 1 amide bonds. The lowest BCUT2D eigenvalue weighted by Crippen LogP contribution is -2.32. The van der Waals surface area contributed by atoms with Gasteiger partial charge in [-0.15, -0.1) is 0 Å². The Labute approximate surface area is 181 Å². The molecule has 5 nitrogen and oxygen atoms in total. The average Bonchev–Trinajstić information content (AvgIpc) is 3.26. The Morgan fingerprint density at radius 2 is 1.83 bits per heavy atom. The van der Waals surface area contributed by atoms with Crippen molar-refractivity contribution < 1.29 is 9.53 Å². The number of hydrogen-bond acceptors (Lipinski definition) is 4. The van der Waals surface area contributed by atoms with Crippen molar-refractivity contribution in [3.8, 4) is 0 Å². The molecule has 3 aromatic rings. The number of benzene rings is 2. The first-order valence-electron chi connectivity index (χ1n) is 10.0. The van der Waals surface area contributed by atoms with E-state index in [1.807, 2.05) is 48.5 Å². The quantitative estimate of drug-likeness (QED) is 0.498. The van der Waals surface area contributed by atoms with Gasteiger partial charge in [0.1, 0.15) is 0 Å². The minimum absolute atomic E-state index is 0.0342. The molecule has 0 N–H and O–H groups in total. The number of amidine groups is 1. The van der Waals surface area contributed by atoms with E-state index in [0.29, 0.717) is 29.3 Å². The van der Waals surface area contributed by atoms with Gasteiger partial charge in [-0.25, -0.2) is 4.99 Å². The smallest absolute Gasteiger partial charge is 0.266 e. The van der Waals surface area contributed by atoms with Crippen LogP contribution in [-0.4, -0.2) is 40.8 Å². The minimum atomic E-state index is -0.0342. The molecule has 0 saturated carbocycles. The first-order valence-corrected chi connectivity index (χ1v) is 10.8. The van der Waals surface area contributed by atoms with Crippen LogP contribution in [0.25, 0.3) is 17.0 Å². The predicted octanol–water partition coefficient (Wildman–Crippen LogP) is 5.47. The molecule has 1 aromatic heterocycles. The number of carbonyl (C=O) groups is 1. The molecule has 0 radical (unpaired) electrons. The lowest BCUT2D eigenvalue weighted by Gasteiger charge is -2.14. The van der Waals surface area contributed by atoms with Crippen molar-refractivity contribution in [2.75, 3.05) is 20.3 Å². The number of aliphatic imine (C=N–C) groups is 1. The number of hydrogen-bond donors (Lipinski definition) is 0. The van der Waals surface area contributed by atoms with Crippen LogP contribution in [0.3, 0.4) is 0 Å². The summed E-state index contributed by atoms with van der Waals surface area (Å²) in [6.45, 7) is 5.25. The van der Waals surface area contributed by atoms with Gasteiger partial charge in [-0.05, 0) is 49.9 Å². The van der Waals surface area contributed by atoms with Crippen LogP contribution in [0.1, 0.15) is 25.5 Å². The maximum Gasteiger partial charge on any atom is 0.266 e. The van der Waals surface area contributed by atoms with Crippen LogP contribution in [0.2, 0.25) is 0 Å². The van der Waals surface area contributed by atoms with Crippen molar-refractivity contribution in [3.05, 3.63) is 71.3 Å². The van der Waals surface area contributed by atoms with Crippen LogP contribution < -0.4 is 0 Å². The molecule has 0 aliphatic carbocycles. The topological polar surface area (TPSA) is 46.8 Å². The summed E-state index contributed by atoms with van der Waals surface area (Å²) in [6, 6.07) is 18.3. The van der Waals surface area contributed by atoms with E-state index in [0.717, 1.165) is 16.6 Å². The fourth-order valence-corrected chi connectivity index (χ4v) is 4.51. The van der Waals surface area contributed by atoms with Crippen molar-refractivity contribution >= 4 is 45.5 Å². The third-order valence-corrected chi connectivity index (χ3v) is 6.01. The van der Waals surface area contributed by atoms with Gasteiger partial charge < -0.3 is 9.30 Å². The second-order valence-corrected chi connectivity index (χ2v) is 8.40. The number of amides is 1. The van der Waals surface area contributed by atoms with E-state index in [-0.39, 0.29) is 5.91 Å². The van der Waals surface area contributed by atoms with E-state index in [9.17, 15) is 4.79 Å². The van der Waals surface area contributed by atoms with Gasteiger partial charge in [-0.2, -0.15) is 0 Å². The van der Waals surface area contributed by atoms with Gasteiger partial charge in [-0.3, -0.25) is 9.69 Å². The van der Waals surface area contributed by atoms with E-state index < -0.39 is 0 Å². The van der Waals surface area contributed by atoms with E-state index in [1.54, 1.807) is 12.0 Å². The SMILES string of the molecule is COCCN1C(=O)/C(=C/c2cn(C(C)C)c3ccccc23)SC1=Nc1ccccc1. The standard InChI is InChI=1S/C24H25N3O2S/c1-17(2)27-16-18(20-11-7-8-12-21(20)27)15-22-23(28)26(13-14-29-3)24(30-22)25-19-9-5-4-6-10-19/h4-12,15-17H,13-14H2,1-3H3/b22-15-,25-24?. The molecule has 154 valence electrons. The lowest BCUT2D eigenvalue weighted by molar-refractivity contribution is -0.122. The van der Waals surface area contributed by atoms with Gasteiger partial charge >= 0.3 is 0 Å². The summed E-state index contributed by atoms with van der Waals surface area (Å²) in [5.41, 5.74) is 3.04. The van der Waals surface area contributed by atoms with E-state index >= 15 is 0 Å². The Morgan fingerprint density at radius 1 is 1.10 bits per heavy atom. The number of nitrogens with zero attached hydrogens (tertiary/aromatic N) is 3. The van der Waals surface area contributed by atoms with Crippen LogP contribution in [0, 0.1) is 0 Å². The van der Waals surface area contributed by atoms with Crippen LogP contribution in [0.4, 0.5) is 5.69 Å². The van der Waals surface area contributed by atoms with Gasteiger partial charge in [-0.1, -0.05) is 36.4 Å². The highest BCUT2D eigenvalue weighted by atomic mass is 32.2. The molecule has 2 heterocycles. The fourth-order valence-electron chi connectivity index (χ4n) is 3.50. The first kappa shape index (κ1) is 20.4. The fraction of sp³-hybridized carbons (Fsp3) is 0.250. The van der Waals surface area contributed by atoms with Crippen molar-refractivity contribution in [2.24, 2.45) is 4.99 Å². The average molecular weight is 420 g/mol. The zero-order valence-electron chi connectivity index (χ0n) is 17.4. The van der Waals surface area contributed by atoms with Gasteiger partial charge in [0.15, 0.2) is 5.17 Å². The summed E-state index contributed by atoms with van der Waals surface area (Å²) in [6.07, 6.45) is 4.11. The third-order valence-electron chi connectivity index (χ3n) is 5.00. The molecule has 1 aliphatic heterocycles. The van der Waals surface area contributed by atoms with E-state index in [2.05, 4.69) is 36.7 Å². The third kappa shape index (κ3) is 4.06. The van der Waals surface area contributed by atoms with Crippen LogP contribution >= 0.6 is 11.8 Å². The second kappa shape index (κ2) is 8.90. The number of thioether (sulfide) groups is 1. The summed E-state index contributed by atoms with van der Waals surface area (Å²) in [5, 5.41) is 1.83. The number of methoxy groups -OCH3 is 1. The van der Waals surface area contributed by atoms with Gasteiger partial charge in [0.25, 0.3) is 5.91 Å². The molecule has 4 rings (SSSR count). The Hall–Kier alpha value is -2.83. The van der Waals surface area contributed by atoms with Crippen LogP contribution in [0.5, 0.6) is 0 Å². The zero-order valence-corrected chi connectivity index (χ0v) is 18.2. The summed E-state index contributed by atoms with van der Waals surface area (Å²) in [4.78, 5) is 20.3. The van der Waals surface area contributed by atoms with Gasteiger partial charge in [0.05, 0.1) is 23.7 Å². The van der Waals surface area contributed by atoms with E-state index in [1.165, 1.54) is 17.3 Å². The number of para-hydroxylation sites is 2. The maximum absolute atomic E-state index is 13.2. The number of ether oxygens (including phenoxy) is 1. The summed E-state index contributed by atoms with van der Waals surface area (Å²) >= 11 is 1.42. The Bertz CT molecular complexity index is 1120. The number of carbonyl (C=O) groups excluding carboxylic acids is 1. The van der Waals surface area contributed by atoms with Crippen LogP contribution in [0.15, 0.2) is 70.7 Å². The molecule has 1 saturated heterocycles. The monoisotopic (exact) mass is 419 g/mol. The lowest BCUT2D eigenvalue weighted by atomic mass is 10.1. The van der Waals surface area contributed by atoms with E-state index in [4.69, 9.17) is 9.73 Å². The number of fused-ring (bicyclic) bond motifs is 1. The van der Waals surface area contributed by atoms with Crippen molar-refractivity contribution in [1.29, 1.82) is 0 Å². The maximum atomic E-state index is 13.2. The van der Waals surface area contributed by atoms with Crippen molar-refractivity contribution in [2.45, 2.75) is 19.9 Å².